The summed E-state index contributed by atoms with van der Waals surface area (Å²) in [4.78, 5) is 23.4. The Kier molecular flexibility index (Phi) is 4.19. The van der Waals surface area contributed by atoms with Gasteiger partial charge >= 0.3 is 0 Å². The summed E-state index contributed by atoms with van der Waals surface area (Å²) in [5.74, 6) is 0.279. The second kappa shape index (κ2) is 5.65. The Hall–Kier alpha value is -0.860. The minimum absolute atomic E-state index is 0.124. The van der Waals surface area contributed by atoms with Gasteiger partial charge in [-0.2, -0.15) is 0 Å². The van der Waals surface area contributed by atoms with E-state index < -0.39 is 5.54 Å². The molecule has 0 aromatic rings. The van der Waals surface area contributed by atoms with Crippen LogP contribution in [0.5, 0.6) is 0 Å². The van der Waals surface area contributed by atoms with Crippen molar-refractivity contribution in [3.05, 3.63) is 0 Å². The number of nitrogens with one attached hydrogen (secondary N) is 1. The SMILES string of the molecule is O=CC1(NC(=O)C2CCCCC2)CCCCC1. The maximum Gasteiger partial charge on any atom is 0.223 e. The Morgan fingerprint density at radius 1 is 1.00 bits per heavy atom. The number of hydrogen-bond donors (Lipinski definition) is 1. The Morgan fingerprint density at radius 2 is 1.59 bits per heavy atom. The van der Waals surface area contributed by atoms with E-state index in [9.17, 15) is 9.59 Å². The van der Waals surface area contributed by atoms with Gasteiger partial charge in [-0.05, 0) is 25.7 Å². The molecule has 2 aliphatic rings. The molecule has 0 saturated heterocycles. The highest BCUT2D eigenvalue weighted by Gasteiger charge is 2.35. The zero-order valence-electron chi connectivity index (χ0n) is 10.5. The summed E-state index contributed by atoms with van der Waals surface area (Å²) in [7, 11) is 0. The average Bonchev–Trinajstić information content (AvgIpc) is 2.41. The molecule has 0 aromatic carbocycles. The highest BCUT2D eigenvalue weighted by Crippen LogP contribution is 2.29. The number of amides is 1. The largest absolute Gasteiger partial charge is 0.344 e. The predicted octanol–water partition coefficient (Wildman–Crippen LogP) is 2.58. The van der Waals surface area contributed by atoms with Crippen LogP contribution in [0.4, 0.5) is 0 Å². The van der Waals surface area contributed by atoms with E-state index >= 15 is 0 Å². The lowest BCUT2D eigenvalue weighted by atomic mass is 9.81. The van der Waals surface area contributed by atoms with E-state index in [1.807, 2.05) is 0 Å². The highest BCUT2D eigenvalue weighted by molar-refractivity contribution is 5.83. The van der Waals surface area contributed by atoms with Crippen LogP contribution in [0.15, 0.2) is 0 Å². The second-order valence-electron chi connectivity index (χ2n) is 5.66. The van der Waals surface area contributed by atoms with Gasteiger partial charge in [-0.15, -0.1) is 0 Å². The van der Waals surface area contributed by atoms with Crippen molar-refractivity contribution in [2.45, 2.75) is 69.7 Å². The first-order chi connectivity index (χ1) is 8.26. The van der Waals surface area contributed by atoms with Crippen LogP contribution in [0.25, 0.3) is 0 Å². The second-order valence-corrected chi connectivity index (χ2v) is 5.66. The molecule has 2 saturated carbocycles. The Morgan fingerprint density at radius 3 is 2.18 bits per heavy atom. The standard InChI is InChI=1S/C14H23NO2/c16-11-14(9-5-2-6-10-14)15-13(17)12-7-3-1-4-8-12/h11-12H,1-10H2,(H,15,17). The maximum absolute atomic E-state index is 12.2. The van der Waals surface area contributed by atoms with E-state index in [0.29, 0.717) is 0 Å². The van der Waals surface area contributed by atoms with Crippen molar-refractivity contribution in [1.82, 2.24) is 5.32 Å². The minimum Gasteiger partial charge on any atom is -0.344 e. The van der Waals surface area contributed by atoms with Gasteiger partial charge in [0, 0.05) is 5.92 Å². The van der Waals surface area contributed by atoms with Crippen LogP contribution in [0.2, 0.25) is 0 Å². The number of hydrogen-bond acceptors (Lipinski definition) is 2. The molecule has 96 valence electrons. The molecule has 0 aliphatic heterocycles. The molecule has 1 N–H and O–H groups in total. The van der Waals surface area contributed by atoms with Gasteiger partial charge in [-0.1, -0.05) is 38.5 Å². The summed E-state index contributed by atoms with van der Waals surface area (Å²) in [6.07, 6.45) is 11.5. The summed E-state index contributed by atoms with van der Waals surface area (Å²) < 4.78 is 0. The molecule has 0 atom stereocenters. The predicted molar refractivity (Wildman–Crippen MR) is 66.6 cm³/mol. The minimum atomic E-state index is -0.535. The van der Waals surface area contributed by atoms with Gasteiger partial charge in [0.05, 0.1) is 5.54 Å². The molecule has 0 radical (unpaired) electrons. The lowest BCUT2D eigenvalue weighted by Crippen LogP contribution is -2.53. The van der Waals surface area contributed by atoms with Gasteiger partial charge in [-0.25, -0.2) is 0 Å². The zero-order chi connectivity index (χ0) is 12.1. The van der Waals surface area contributed by atoms with Crippen LogP contribution in [0.3, 0.4) is 0 Å². The molecular formula is C14H23NO2. The molecule has 2 fully saturated rings. The summed E-state index contributed by atoms with van der Waals surface area (Å²) in [5, 5.41) is 3.04. The van der Waals surface area contributed by atoms with Gasteiger partial charge < -0.3 is 10.1 Å². The van der Waals surface area contributed by atoms with E-state index in [1.165, 1.54) is 12.8 Å². The first-order valence-electron chi connectivity index (χ1n) is 7.04. The van der Waals surface area contributed by atoms with Crippen LogP contribution in [-0.4, -0.2) is 17.7 Å². The molecule has 0 aromatic heterocycles. The molecular weight excluding hydrogens is 214 g/mol. The Bertz CT molecular complexity index is 276. The number of carbonyl (C=O) groups excluding carboxylic acids is 2. The Balaban J connectivity index is 1.92. The van der Waals surface area contributed by atoms with Crippen molar-refractivity contribution in [3.8, 4) is 0 Å². The fourth-order valence-corrected chi connectivity index (χ4v) is 3.17. The first-order valence-corrected chi connectivity index (χ1v) is 7.04. The van der Waals surface area contributed by atoms with E-state index in [0.717, 1.165) is 57.7 Å². The summed E-state index contributed by atoms with van der Waals surface area (Å²) in [6.45, 7) is 0. The van der Waals surface area contributed by atoms with E-state index in [4.69, 9.17) is 0 Å². The number of aldehydes is 1. The zero-order valence-corrected chi connectivity index (χ0v) is 10.5. The van der Waals surface area contributed by atoms with Gasteiger partial charge in [0.2, 0.25) is 5.91 Å². The van der Waals surface area contributed by atoms with Crippen molar-refractivity contribution in [3.63, 3.8) is 0 Å². The summed E-state index contributed by atoms with van der Waals surface area (Å²) in [5.41, 5.74) is -0.535. The third kappa shape index (κ3) is 3.08. The van der Waals surface area contributed by atoms with Crippen molar-refractivity contribution < 1.29 is 9.59 Å². The van der Waals surface area contributed by atoms with Gasteiger partial charge in [0.1, 0.15) is 6.29 Å². The van der Waals surface area contributed by atoms with Gasteiger partial charge in [-0.3, -0.25) is 4.79 Å². The molecule has 0 heterocycles. The Labute approximate surface area is 103 Å². The average molecular weight is 237 g/mol. The quantitative estimate of drug-likeness (QED) is 0.767. The molecule has 0 bridgehead atoms. The summed E-state index contributed by atoms with van der Waals surface area (Å²) in [6, 6.07) is 0. The van der Waals surface area contributed by atoms with Crippen molar-refractivity contribution in [2.75, 3.05) is 0 Å². The third-order valence-electron chi connectivity index (χ3n) is 4.32. The molecule has 17 heavy (non-hydrogen) atoms. The topological polar surface area (TPSA) is 46.2 Å². The van der Waals surface area contributed by atoms with Crippen LogP contribution in [0, 0.1) is 5.92 Å². The molecule has 3 nitrogen and oxygen atoms in total. The lowest BCUT2D eigenvalue weighted by molar-refractivity contribution is -0.131. The molecule has 3 heteroatoms. The normalized spacial score (nSPS) is 25.2. The van der Waals surface area contributed by atoms with E-state index in [-0.39, 0.29) is 11.8 Å². The number of rotatable bonds is 3. The smallest absolute Gasteiger partial charge is 0.223 e. The van der Waals surface area contributed by atoms with Crippen LogP contribution < -0.4 is 5.32 Å². The van der Waals surface area contributed by atoms with Crippen molar-refractivity contribution >= 4 is 12.2 Å². The molecule has 1 amide bonds. The maximum atomic E-state index is 12.2. The first kappa shape index (κ1) is 12.6. The van der Waals surface area contributed by atoms with Crippen LogP contribution >= 0.6 is 0 Å². The molecule has 2 rings (SSSR count). The van der Waals surface area contributed by atoms with Crippen molar-refractivity contribution in [1.29, 1.82) is 0 Å². The molecule has 2 aliphatic carbocycles. The van der Waals surface area contributed by atoms with Crippen LogP contribution in [0.1, 0.15) is 64.2 Å². The number of carbonyl (C=O) groups is 2. The molecule has 0 spiro atoms. The monoisotopic (exact) mass is 237 g/mol. The van der Waals surface area contributed by atoms with E-state index in [1.54, 1.807) is 0 Å². The fraction of sp³-hybridized carbons (Fsp3) is 0.857. The molecule has 0 unspecified atom stereocenters. The lowest BCUT2D eigenvalue weighted by Gasteiger charge is -2.34. The van der Waals surface area contributed by atoms with E-state index in [2.05, 4.69) is 5.32 Å². The summed E-state index contributed by atoms with van der Waals surface area (Å²) >= 11 is 0. The van der Waals surface area contributed by atoms with Crippen LogP contribution in [-0.2, 0) is 9.59 Å². The fourth-order valence-electron chi connectivity index (χ4n) is 3.17. The van der Waals surface area contributed by atoms with Gasteiger partial charge in [0.15, 0.2) is 0 Å². The third-order valence-corrected chi connectivity index (χ3v) is 4.32. The van der Waals surface area contributed by atoms with Gasteiger partial charge in [0.25, 0.3) is 0 Å². The highest BCUT2D eigenvalue weighted by atomic mass is 16.2. The van der Waals surface area contributed by atoms with Crippen molar-refractivity contribution in [2.24, 2.45) is 5.92 Å².